The second-order valence-electron chi connectivity index (χ2n) is 3.77. The van der Waals surface area contributed by atoms with Gasteiger partial charge >= 0.3 is 5.69 Å². The minimum absolute atomic E-state index is 0.0752. The van der Waals surface area contributed by atoms with Gasteiger partial charge in [-0.3, -0.25) is 4.98 Å². The third kappa shape index (κ3) is 1.87. The Balaban J connectivity index is 2.07. The first-order chi connectivity index (χ1) is 6.79. The Morgan fingerprint density at radius 2 is 2.50 bits per heavy atom. The number of aromatic nitrogens is 3. The Hall–Kier alpha value is -1.10. The van der Waals surface area contributed by atoms with Crippen molar-refractivity contribution in [2.24, 2.45) is 5.92 Å². The van der Waals surface area contributed by atoms with Crippen LogP contribution in [0.25, 0.3) is 0 Å². The molecule has 1 aliphatic heterocycles. The van der Waals surface area contributed by atoms with Crippen molar-refractivity contribution in [3.8, 4) is 0 Å². The standard InChI is InChI=1S/C9H16N4O/c1-2-8-11-9(14)13(12-8)6-7-3-4-10-5-7/h7,10H,2-6H2,1H3,(H,11,12,14). The van der Waals surface area contributed by atoms with Crippen LogP contribution in [0, 0.1) is 5.92 Å². The molecule has 1 aromatic rings. The number of aryl methyl sites for hydroxylation is 1. The zero-order valence-electron chi connectivity index (χ0n) is 8.42. The summed E-state index contributed by atoms with van der Waals surface area (Å²) >= 11 is 0. The van der Waals surface area contributed by atoms with Crippen LogP contribution in [0.4, 0.5) is 0 Å². The summed E-state index contributed by atoms with van der Waals surface area (Å²) in [5.41, 5.74) is -0.0752. The summed E-state index contributed by atoms with van der Waals surface area (Å²) in [4.78, 5) is 14.2. The van der Waals surface area contributed by atoms with Crippen molar-refractivity contribution in [2.45, 2.75) is 26.3 Å². The third-order valence-corrected chi connectivity index (χ3v) is 2.66. The molecule has 1 atom stereocenters. The van der Waals surface area contributed by atoms with E-state index in [1.165, 1.54) is 0 Å². The van der Waals surface area contributed by atoms with E-state index >= 15 is 0 Å². The van der Waals surface area contributed by atoms with E-state index in [2.05, 4.69) is 15.4 Å². The van der Waals surface area contributed by atoms with Crippen molar-refractivity contribution in [3.05, 3.63) is 16.3 Å². The minimum atomic E-state index is -0.0752. The van der Waals surface area contributed by atoms with E-state index in [1.807, 2.05) is 6.92 Å². The molecule has 0 radical (unpaired) electrons. The van der Waals surface area contributed by atoms with Crippen LogP contribution < -0.4 is 11.0 Å². The second kappa shape index (κ2) is 3.96. The number of nitrogens with zero attached hydrogens (tertiary/aromatic N) is 2. The maximum atomic E-state index is 11.4. The van der Waals surface area contributed by atoms with Gasteiger partial charge in [-0.25, -0.2) is 9.48 Å². The molecule has 2 N–H and O–H groups in total. The highest BCUT2D eigenvalue weighted by molar-refractivity contribution is 4.82. The zero-order valence-corrected chi connectivity index (χ0v) is 8.42. The molecule has 2 heterocycles. The number of nitrogens with one attached hydrogen (secondary N) is 2. The fourth-order valence-corrected chi connectivity index (χ4v) is 1.80. The van der Waals surface area contributed by atoms with E-state index in [0.717, 1.165) is 38.3 Å². The Labute approximate surface area is 82.5 Å². The van der Waals surface area contributed by atoms with E-state index in [-0.39, 0.29) is 5.69 Å². The average Bonchev–Trinajstić information content (AvgIpc) is 2.78. The van der Waals surface area contributed by atoms with Crippen LogP contribution in [-0.2, 0) is 13.0 Å². The van der Waals surface area contributed by atoms with Crippen LogP contribution in [-0.4, -0.2) is 27.9 Å². The molecular formula is C9H16N4O. The molecule has 0 spiro atoms. The lowest BCUT2D eigenvalue weighted by Crippen LogP contribution is -2.24. The molecule has 0 saturated carbocycles. The molecule has 14 heavy (non-hydrogen) atoms. The smallest absolute Gasteiger partial charge is 0.316 e. The summed E-state index contributed by atoms with van der Waals surface area (Å²) in [6.45, 7) is 4.79. The normalized spacial score (nSPS) is 21.6. The Bertz CT molecular complexity index is 348. The fourth-order valence-electron chi connectivity index (χ4n) is 1.80. The van der Waals surface area contributed by atoms with Crippen LogP contribution >= 0.6 is 0 Å². The van der Waals surface area contributed by atoms with Crippen LogP contribution in [0.3, 0.4) is 0 Å². The molecule has 1 fully saturated rings. The van der Waals surface area contributed by atoms with E-state index in [0.29, 0.717) is 5.92 Å². The summed E-state index contributed by atoms with van der Waals surface area (Å²) in [5.74, 6) is 1.33. The summed E-state index contributed by atoms with van der Waals surface area (Å²) < 4.78 is 1.55. The van der Waals surface area contributed by atoms with Crippen molar-refractivity contribution in [1.82, 2.24) is 20.1 Å². The summed E-state index contributed by atoms with van der Waals surface area (Å²) in [6.07, 6.45) is 1.92. The minimum Gasteiger partial charge on any atom is -0.316 e. The van der Waals surface area contributed by atoms with E-state index < -0.39 is 0 Å². The second-order valence-corrected chi connectivity index (χ2v) is 3.77. The molecule has 0 aliphatic carbocycles. The predicted molar refractivity (Wildman–Crippen MR) is 53.2 cm³/mol. The Morgan fingerprint density at radius 1 is 1.64 bits per heavy atom. The molecule has 0 bridgehead atoms. The first-order valence-corrected chi connectivity index (χ1v) is 5.16. The molecule has 1 aromatic heterocycles. The number of hydrogen-bond acceptors (Lipinski definition) is 3. The number of aromatic amines is 1. The molecule has 78 valence electrons. The monoisotopic (exact) mass is 196 g/mol. The van der Waals surface area contributed by atoms with Crippen LogP contribution in [0.15, 0.2) is 4.79 Å². The maximum Gasteiger partial charge on any atom is 0.343 e. The van der Waals surface area contributed by atoms with E-state index in [4.69, 9.17) is 0 Å². The Morgan fingerprint density at radius 3 is 3.07 bits per heavy atom. The van der Waals surface area contributed by atoms with Crippen LogP contribution in [0.2, 0.25) is 0 Å². The van der Waals surface area contributed by atoms with Crippen LogP contribution in [0.1, 0.15) is 19.2 Å². The van der Waals surface area contributed by atoms with Crippen molar-refractivity contribution in [1.29, 1.82) is 0 Å². The SMILES string of the molecule is CCc1nn(CC2CCNC2)c(=O)[nH]1. The maximum absolute atomic E-state index is 11.4. The topological polar surface area (TPSA) is 62.7 Å². The lowest BCUT2D eigenvalue weighted by Gasteiger charge is -2.05. The van der Waals surface area contributed by atoms with Gasteiger partial charge in [0.15, 0.2) is 0 Å². The molecule has 1 aliphatic rings. The molecule has 2 rings (SSSR count). The van der Waals surface area contributed by atoms with E-state index in [9.17, 15) is 4.79 Å². The summed E-state index contributed by atoms with van der Waals surface area (Å²) in [6, 6.07) is 0. The first-order valence-electron chi connectivity index (χ1n) is 5.16. The number of hydrogen-bond donors (Lipinski definition) is 2. The van der Waals surface area contributed by atoms with Crippen molar-refractivity contribution >= 4 is 0 Å². The molecule has 0 aromatic carbocycles. The zero-order chi connectivity index (χ0) is 9.97. The average molecular weight is 196 g/mol. The highest BCUT2D eigenvalue weighted by Crippen LogP contribution is 2.08. The van der Waals surface area contributed by atoms with Gasteiger partial charge < -0.3 is 5.32 Å². The van der Waals surface area contributed by atoms with Gasteiger partial charge in [0.25, 0.3) is 0 Å². The van der Waals surface area contributed by atoms with E-state index in [1.54, 1.807) is 4.68 Å². The molecular weight excluding hydrogens is 180 g/mol. The quantitative estimate of drug-likeness (QED) is 0.700. The van der Waals surface area contributed by atoms with Gasteiger partial charge in [-0.2, -0.15) is 5.10 Å². The predicted octanol–water partition coefficient (Wildman–Crippen LogP) is -0.257. The van der Waals surface area contributed by atoms with Crippen molar-refractivity contribution < 1.29 is 0 Å². The molecule has 5 heteroatoms. The molecule has 1 unspecified atom stereocenters. The van der Waals surface area contributed by atoms with Gasteiger partial charge in [0.1, 0.15) is 5.82 Å². The molecule has 0 amide bonds. The lowest BCUT2D eigenvalue weighted by atomic mass is 10.1. The largest absolute Gasteiger partial charge is 0.343 e. The number of H-pyrrole nitrogens is 1. The lowest BCUT2D eigenvalue weighted by molar-refractivity contribution is 0.438. The molecule has 5 nitrogen and oxygen atoms in total. The van der Waals surface area contributed by atoms with Gasteiger partial charge in [0.05, 0.1) is 6.54 Å². The highest BCUT2D eigenvalue weighted by atomic mass is 16.1. The van der Waals surface area contributed by atoms with Gasteiger partial charge in [-0.05, 0) is 25.4 Å². The summed E-state index contributed by atoms with van der Waals surface area (Å²) in [5, 5.41) is 7.49. The van der Waals surface area contributed by atoms with Gasteiger partial charge in [0, 0.05) is 6.42 Å². The third-order valence-electron chi connectivity index (χ3n) is 2.66. The van der Waals surface area contributed by atoms with Gasteiger partial charge in [-0.1, -0.05) is 6.92 Å². The van der Waals surface area contributed by atoms with Crippen LogP contribution in [0.5, 0.6) is 0 Å². The summed E-state index contributed by atoms with van der Waals surface area (Å²) in [7, 11) is 0. The first kappa shape index (κ1) is 9.45. The number of rotatable bonds is 3. The van der Waals surface area contributed by atoms with Crippen molar-refractivity contribution in [3.63, 3.8) is 0 Å². The molecule has 1 saturated heterocycles. The fraction of sp³-hybridized carbons (Fsp3) is 0.778. The Kier molecular flexibility index (Phi) is 2.67. The van der Waals surface area contributed by atoms with Gasteiger partial charge in [-0.15, -0.1) is 0 Å². The van der Waals surface area contributed by atoms with Crippen molar-refractivity contribution in [2.75, 3.05) is 13.1 Å². The van der Waals surface area contributed by atoms with Gasteiger partial charge in [0.2, 0.25) is 0 Å². The highest BCUT2D eigenvalue weighted by Gasteiger charge is 2.16.